The molecule has 1 N–H and O–H groups in total. The Morgan fingerprint density at radius 3 is 2.11 bits per heavy atom. The van der Waals surface area contributed by atoms with Gasteiger partial charge >= 0.3 is 0 Å². The van der Waals surface area contributed by atoms with Gasteiger partial charge in [-0.2, -0.15) is 0 Å². The van der Waals surface area contributed by atoms with Gasteiger partial charge < -0.3 is 19.7 Å². The van der Waals surface area contributed by atoms with Gasteiger partial charge in [0.1, 0.15) is 24.1 Å². The summed E-state index contributed by atoms with van der Waals surface area (Å²) in [4.78, 5) is 27.6. The summed E-state index contributed by atoms with van der Waals surface area (Å²) in [6, 6.07) is 20.8. The number of nitrogens with one attached hydrogen (secondary N) is 1. The van der Waals surface area contributed by atoms with Crippen LogP contribution in [0.15, 0.2) is 83.8 Å². The van der Waals surface area contributed by atoms with Crippen LogP contribution in [0.3, 0.4) is 0 Å². The van der Waals surface area contributed by atoms with Crippen LogP contribution in [-0.4, -0.2) is 59.0 Å². The number of para-hydroxylation sites is 2. The lowest BCUT2D eigenvalue weighted by molar-refractivity contribution is -0.139. The molecule has 0 unspecified atom stereocenters. The predicted molar refractivity (Wildman–Crippen MR) is 141 cm³/mol. The molecule has 3 aromatic carbocycles. The molecule has 196 valence electrons. The minimum atomic E-state index is -4.21. The number of rotatable bonds is 11. The summed E-state index contributed by atoms with van der Waals surface area (Å²) in [7, 11) is 0.180. The van der Waals surface area contributed by atoms with E-state index in [0.717, 1.165) is 9.87 Å². The van der Waals surface area contributed by atoms with Gasteiger partial charge in [0.05, 0.1) is 24.8 Å². The Labute approximate surface area is 217 Å². The van der Waals surface area contributed by atoms with Gasteiger partial charge in [0.2, 0.25) is 11.8 Å². The molecule has 0 bridgehead atoms. The van der Waals surface area contributed by atoms with Gasteiger partial charge in [0.25, 0.3) is 10.0 Å². The lowest BCUT2D eigenvalue weighted by Gasteiger charge is -2.32. The molecule has 0 aliphatic carbocycles. The SMILES string of the molecule is CNC(=O)[C@H](C)N(Cc1ccccc1)C(=O)CN(c1ccccc1OC)S(=O)(=O)c1ccc(OC)cc1. The summed E-state index contributed by atoms with van der Waals surface area (Å²) in [6.07, 6.45) is 0. The number of hydrogen-bond acceptors (Lipinski definition) is 6. The minimum absolute atomic E-state index is 0.0269. The number of hydrogen-bond donors (Lipinski definition) is 1. The fraction of sp³-hybridized carbons (Fsp3) is 0.259. The molecular formula is C27H31N3O6S. The minimum Gasteiger partial charge on any atom is -0.497 e. The van der Waals surface area contributed by atoms with Crippen LogP contribution in [0, 0.1) is 0 Å². The van der Waals surface area contributed by atoms with Gasteiger partial charge in [0.15, 0.2) is 0 Å². The Balaban J connectivity index is 2.06. The second-order valence-electron chi connectivity index (χ2n) is 8.16. The number of likely N-dealkylation sites (N-methyl/N-ethyl adjacent to an activating group) is 1. The molecule has 10 heteroatoms. The summed E-state index contributed by atoms with van der Waals surface area (Å²) in [5.41, 5.74) is 0.995. The van der Waals surface area contributed by atoms with E-state index in [0.29, 0.717) is 5.75 Å². The second-order valence-corrected chi connectivity index (χ2v) is 10.0. The molecule has 0 radical (unpaired) electrons. The Morgan fingerprint density at radius 2 is 1.51 bits per heavy atom. The van der Waals surface area contributed by atoms with E-state index in [1.807, 2.05) is 30.3 Å². The highest BCUT2D eigenvalue weighted by atomic mass is 32.2. The molecule has 0 aliphatic rings. The van der Waals surface area contributed by atoms with E-state index in [1.165, 1.54) is 50.4 Å². The number of carbonyl (C=O) groups excluding carboxylic acids is 2. The third-order valence-electron chi connectivity index (χ3n) is 5.89. The van der Waals surface area contributed by atoms with Gasteiger partial charge in [-0.1, -0.05) is 42.5 Å². The van der Waals surface area contributed by atoms with Crippen molar-refractivity contribution in [1.82, 2.24) is 10.2 Å². The molecule has 2 amide bonds. The number of benzene rings is 3. The van der Waals surface area contributed by atoms with Gasteiger partial charge in [-0.15, -0.1) is 0 Å². The molecule has 0 spiro atoms. The summed E-state index contributed by atoms with van der Waals surface area (Å²) >= 11 is 0. The quantitative estimate of drug-likeness (QED) is 0.413. The summed E-state index contributed by atoms with van der Waals surface area (Å²) in [5.74, 6) is -0.150. The maximum Gasteiger partial charge on any atom is 0.264 e. The van der Waals surface area contributed by atoms with E-state index in [9.17, 15) is 18.0 Å². The molecule has 0 saturated heterocycles. The average molecular weight is 526 g/mol. The topological polar surface area (TPSA) is 105 Å². The van der Waals surface area contributed by atoms with Crippen molar-refractivity contribution in [3.8, 4) is 11.5 Å². The first-order valence-electron chi connectivity index (χ1n) is 11.6. The highest BCUT2D eigenvalue weighted by Crippen LogP contribution is 2.33. The fourth-order valence-electron chi connectivity index (χ4n) is 3.80. The van der Waals surface area contributed by atoms with Crippen molar-refractivity contribution in [3.05, 3.63) is 84.4 Å². The number of anilines is 1. The fourth-order valence-corrected chi connectivity index (χ4v) is 5.22. The van der Waals surface area contributed by atoms with Crippen molar-refractivity contribution < 1.29 is 27.5 Å². The largest absolute Gasteiger partial charge is 0.497 e. The van der Waals surface area contributed by atoms with Gasteiger partial charge in [-0.05, 0) is 48.9 Å². The monoisotopic (exact) mass is 525 g/mol. The van der Waals surface area contributed by atoms with E-state index in [-0.39, 0.29) is 28.8 Å². The molecular weight excluding hydrogens is 494 g/mol. The predicted octanol–water partition coefficient (Wildman–Crippen LogP) is 3.06. The molecule has 3 rings (SSSR count). The van der Waals surface area contributed by atoms with Gasteiger partial charge in [-0.25, -0.2) is 8.42 Å². The number of ether oxygens (including phenoxy) is 2. The first kappa shape index (κ1) is 27.5. The average Bonchev–Trinajstić information content (AvgIpc) is 2.94. The Kier molecular flexibility index (Phi) is 9.13. The number of amides is 2. The normalized spacial score (nSPS) is 11.8. The van der Waals surface area contributed by atoms with Crippen molar-refractivity contribution in [2.75, 3.05) is 32.1 Å². The van der Waals surface area contributed by atoms with E-state index >= 15 is 0 Å². The van der Waals surface area contributed by atoms with Crippen molar-refractivity contribution in [2.45, 2.75) is 24.4 Å². The summed E-state index contributed by atoms with van der Waals surface area (Å²) in [5, 5.41) is 2.56. The molecule has 0 heterocycles. The van der Waals surface area contributed by atoms with Crippen molar-refractivity contribution in [2.24, 2.45) is 0 Å². The zero-order valence-corrected chi connectivity index (χ0v) is 22.1. The molecule has 0 fully saturated rings. The third-order valence-corrected chi connectivity index (χ3v) is 7.66. The van der Waals surface area contributed by atoms with Crippen molar-refractivity contribution >= 4 is 27.5 Å². The van der Waals surface area contributed by atoms with Crippen LogP contribution in [0.1, 0.15) is 12.5 Å². The third kappa shape index (κ3) is 6.39. The first-order valence-corrected chi connectivity index (χ1v) is 13.0. The number of carbonyl (C=O) groups is 2. The van der Waals surface area contributed by atoms with Crippen LogP contribution in [0.2, 0.25) is 0 Å². The molecule has 0 aromatic heterocycles. The van der Waals surface area contributed by atoms with Crippen LogP contribution in [0.4, 0.5) is 5.69 Å². The molecule has 9 nitrogen and oxygen atoms in total. The second kappa shape index (κ2) is 12.3. The Bertz CT molecular complexity index is 1310. The van der Waals surface area contributed by atoms with Crippen molar-refractivity contribution in [1.29, 1.82) is 0 Å². The Morgan fingerprint density at radius 1 is 0.892 bits per heavy atom. The van der Waals surface area contributed by atoms with Crippen LogP contribution >= 0.6 is 0 Å². The Hall–Kier alpha value is -4.05. The lowest BCUT2D eigenvalue weighted by Crippen LogP contribution is -2.50. The maximum absolute atomic E-state index is 13.9. The standard InChI is InChI=1S/C27H31N3O6S/c1-20(27(32)28-2)29(18-21-10-6-5-7-11-21)26(31)19-30(24-12-8-9-13-25(24)36-4)37(33,34)23-16-14-22(35-3)15-17-23/h5-17,20H,18-19H2,1-4H3,(H,28,32)/t20-/m0/s1. The van der Waals surface area contributed by atoms with Gasteiger partial charge in [0, 0.05) is 13.6 Å². The highest BCUT2D eigenvalue weighted by molar-refractivity contribution is 7.92. The van der Waals surface area contributed by atoms with E-state index in [2.05, 4.69) is 5.32 Å². The number of nitrogens with zero attached hydrogens (tertiary/aromatic N) is 2. The molecule has 3 aromatic rings. The maximum atomic E-state index is 13.9. The zero-order chi connectivity index (χ0) is 27.0. The zero-order valence-electron chi connectivity index (χ0n) is 21.2. The van der Waals surface area contributed by atoms with E-state index in [1.54, 1.807) is 31.2 Å². The summed E-state index contributed by atoms with van der Waals surface area (Å²) < 4.78 is 39.3. The van der Waals surface area contributed by atoms with Crippen LogP contribution in [0.25, 0.3) is 0 Å². The van der Waals surface area contributed by atoms with Crippen LogP contribution in [-0.2, 0) is 26.2 Å². The number of methoxy groups -OCH3 is 2. The van der Waals surface area contributed by atoms with Gasteiger partial charge in [-0.3, -0.25) is 13.9 Å². The van der Waals surface area contributed by atoms with Crippen molar-refractivity contribution in [3.63, 3.8) is 0 Å². The lowest BCUT2D eigenvalue weighted by atomic mass is 10.1. The number of sulfonamides is 1. The van der Waals surface area contributed by atoms with Crippen LogP contribution in [0.5, 0.6) is 11.5 Å². The highest BCUT2D eigenvalue weighted by Gasteiger charge is 2.33. The molecule has 37 heavy (non-hydrogen) atoms. The van der Waals surface area contributed by atoms with E-state index in [4.69, 9.17) is 9.47 Å². The van der Waals surface area contributed by atoms with E-state index < -0.39 is 28.5 Å². The smallest absolute Gasteiger partial charge is 0.264 e. The molecule has 1 atom stereocenters. The van der Waals surface area contributed by atoms with Crippen LogP contribution < -0.4 is 19.1 Å². The first-order chi connectivity index (χ1) is 17.7. The molecule has 0 aliphatic heterocycles. The summed E-state index contributed by atoms with van der Waals surface area (Å²) in [6.45, 7) is 1.17. The molecule has 0 saturated carbocycles.